The Kier molecular flexibility index (Phi) is 7.82. The molecule has 3 N–H and O–H groups in total. The van der Waals surface area contributed by atoms with Gasteiger partial charge in [0.1, 0.15) is 5.60 Å². The third kappa shape index (κ3) is 5.64. The van der Waals surface area contributed by atoms with Gasteiger partial charge in [-0.3, -0.25) is 4.98 Å². The van der Waals surface area contributed by atoms with E-state index in [-0.39, 0.29) is 22.8 Å². The molecule has 184 valence electrons. The van der Waals surface area contributed by atoms with Crippen LogP contribution in [0.2, 0.25) is 36.3 Å². The van der Waals surface area contributed by atoms with Crippen LogP contribution in [0.5, 0.6) is 0 Å². The number of ether oxygens (including phenoxy) is 1. The van der Waals surface area contributed by atoms with Crippen LogP contribution in [0.25, 0.3) is 0 Å². The van der Waals surface area contributed by atoms with Crippen molar-refractivity contribution in [2.24, 2.45) is 0 Å². The first-order chi connectivity index (χ1) is 14.3. The van der Waals surface area contributed by atoms with E-state index in [2.05, 4.69) is 72.7 Å². The summed E-state index contributed by atoms with van der Waals surface area (Å²) in [6.45, 7) is 24.2. The molecular weight excluding hydrogens is 436 g/mol. The molecule has 32 heavy (non-hydrogen) atoms. The molecule has 1 saturated heterocycles. The van der Waals surface area contributed by atoms with Crippen molar-refractivity contribution in [3.05, 3.63) is 24.0 Å². The van der Waals surface area contributed by atoms with Gasteiger partial charge in [0.15, 0.2) is 16.6 Å². The van der Waals surface area contributed by atoms with Gasteiger partial charge < -0.3 is 24.4 Å². The van der Waals surface area contributed by atoms with Crippen LogP contribution in [0.1, 0.15) is 66.6 Å². The van der Waals surface area contributed by atoms with Crippen LogP contribution in [0.4, 0.5) is 5.69 Å². The van der Waals surface area contributed by atoms with Crippen LogP contribution < -0.4 is 5.73 Å². The molecule has 1 fully saturated rings. The molecule has 0 unspecified atom stereocenters. The number of rotatable bonds is 6. The Balaban J connectivity index is 2.41. The first-order valence-electron chi connectivity index (χ1n) is 11.7. The van der Waals surface area contributed by atoms with Crippen molar-refractivity contribution in [1.82, 2.24) is 4.98 Å². The third-order valence-electron chi connectivity index (χ3n) is 8.01. The summed E-state index contributed by atoms with van der Waals surface area (Å²) in [7, 11) is -4.24. The van der Waals surface area contributed by atoms with E-state index >= 15 is 0 Å². The highest BCUT2D eigenvalue weighted by Gasteiger charge is 2.54. The van der Waals surface area contributed by atoms with E-state index in [1.165, 1.54) is 0 Å². The van der Waals surface area contributed by atoms with E-state index in [1.807, 2.05) is 13.0 Å². The second-order valence-corrected chi connectivity index (χ2v) is 22.0. The molecule has 6 nitrogen and oxygen atoms in total. The zero-order valence-electron chi connectivity index (χ0n) is 22.1. The Morgan fingerprint density at radius 2 is 1.69 bits per heavy atom. The second-order valence-electron chi connectivity index (χ2n) is 12.4. The molecule has 8 heteroatoms. The molecule has 1 aromatic heterocycles. The maximum absolute atomic E-state index is 12.0. The van der Waals surface area contributed by atoms with Crippen molar-refractivity contribution in [2.75, 3.05) is 12.3 Å². The molecular formula is C24H46N2O4Si2. The van der Waals surface area contributed by atoms with Gasteiger partial charge in [0, 0.05) is 18.2 Å². The highest BCUT2D eigenvalue weighted by atomic mass is 28.4. The topological polar surface area (TPSA) is 86.8 Å². The molecule has 1 aliphatic heterocycles. The van der Waals surface area contributed by atoms with Gasteiger partial charge in [0.05, 0.1) is 36.8 Å². The fourth-order valence-electron chi connectivity index (χ4n) is 3.40. The molecule has 2 heterocycles. The highest BCUT2D eigenvalue weighted by molar-refractivity contribution is 6.74. The lowest BCUT2D eigenvalue weighted by molar-refractivity contribution is -0.230. The lowest BCUT2D eigenvalue weighted by Crippen LogP contribution is -2.64. The first-order valence-corrected chi connectivity index (χ1v) is 17.5. The van der Waals surface area contributed by atoms with Gasteiger partial charge in [-0.1, -0.05) is 41.5 Å². The standard InChI is InChI=1S/C24H46N2O4Si2/c1-17-24(27,16-28-31(8,9)22(2,3)4)21(30-32(10,11)23(5,6)7)14-20(29-17)18-12-13-26-15-19(18)25/h12-13,15,17,20-21,27H,14,16,25H2,1-11H3/t17-,20-,21-,24-/m0/s1. The van der Waals surface area contributed by atoms with Crippen molar-refractivity contribution < 1.29 is 18.7 Å². The summed E-state index contributed by atoms with van der Waals surface area (Å²) < 4.78 is 19.7. The molecule has 1 aromatic rings. The summed E-state index contributed by atoms with van der Waals surface area (Å²) in [5.74, 6) is 0. The molecule has 0 spiro atoms. The number of nitrogen functional groups attached to an aromatic ring is 1. The zero-order chi connectivity index (χ0) is 24.8. The molecule has 2 rings (SSSR count). The van der Waals surface area contributed by atoms with Crippen LogP contribution in [0.3, 0.4) is 0 Å². The predicted octanol–water partition coefficient (Wildman–Crippen LogP) is 5.66. The summed E-state index contributed by atoms with van der Waals surface area (Å²) in [5, 5.41) is 12.1. The number of hydrogen-bond acceptors (Lipinski definition) is 6. The minimum atomic E-state index is -2.17. The molecule has 0 amide bonds. The zero-order valence-corrected chi connectivity index (χ0v) is 24.1. The fraction of sp³-hybridized carbons (Fsp3) is 0.792. The van der Waals surface area contributed by atoms with Crippen molar-refractivity contribution in [3.8, 4) is 0 Å². The Hall–Kier alpha value is -0.776. The normalized spacial score (nSPS) is 28.1. The maximum atomic E-state index is 12.0. The van der Waals surface area contributed by atoms with Gasteiger partial charge in [-0.2, -0.15) is 0 Å². The Morgan fingerprint density at radius 1 is 1.12 bits per heavy atom. The number of nitrogens with zero attached hydrogens (tertiary/aromatic N) is 1. The van der Waals surface area contributed by atoms with E-state index in [0.29, 0.717) is 12.1 Å². The second kappa shape index (κ2) is 9.11. The van der Waals surface area contributed by atoms with Crippen LogP contribution in [-0.4, -0.2) is 51.1 Å². The maximum Gasteiger partial charge on any atom is 0.192 e. The largest absolute Gasteiger partial charge is 0.414 e. The summed E-state index contributed by atoms with van der Waals surface area (Å²) in [6.07, 6.45) is 2.72. The van der Waals surface area contributed by atoms with Gasteiger partial charge in [-0.25, -0.2) is 0 Å². The number of anilines is 1. The van der Waals surface area contributed by atoms with E-state index in [4.69, 9.17) is 19.3 Å². The number of pyridine rings is 1. The number of aliphatic hydroxyl groups is 1. The summed E-state index contributed by atoms with van der Waals surface area (Å²) in [5.41, 5.74) is 6.45. The SMILES string of the molecule is C[C@@H]1O[C@H](c2ccncc2N)C[C@H](O[Si](C)(C)C(C)(C)C)[C@]1(O)CO[Si](C)(C)C(C)(C)C. The molecule has 0 aromatic carbocycles. The van der Waals surface area contributed by atoms with Crippen LogP contribution >= 0.6 is 0 Å². The lowest BCUT2D eigenvalue weighted by Gasteiger charge is -2.52. The van der Waals surface area contributed by atoms with Crippen molar-refractivity contribution >= 4 is 22.3 Å². The van der Waals surface area contributed by atoms with Crippen LogP contribution in [-0.2, 0) is 13.6 Å². The van der Waals surface area contributed by atoms with Gasteiger partial charge in [-0.05, 0) is 49.3 Å². The molecule has 0 saturated carbocycles. The molecule has 0 aliphatic carbocycles. The minimum Gasteiger partial charge on any atom is -0.414 e. The molecule has 0 bridgehead atoms. The number of aromatic nitrogens is 1. The molecule has 4 atom stereocenters. The fourth-order valence-corrected chi connectivity index (χ4v) is 5.79. The van der Waals surface area contributed by atoms with E-state index in [0.717, 1.165) is 5.56 Å². The van der Waals surface area contributed by atoms with Crippen LogP contribution in [0.15, 0.2) is 18.5 Å². The van der Waals surface area contributed by atoms with Gasteiger partial charge in [0.2, 0.25) is 0 Å². The monoisotopic (exact) mass is 482 g/mol. The molecule has 0 radical (unpaired) electrons. The van der Waals surface area contributed by atoms with Crippen molar-refractivity contribution in [1.29, 1.82) is 0 Å². The van der Waals surface area contributed by atoms with Gasteiger partial charge in [-0.15, -0.1) is 0 Å². The lowest BCUT2D eigenvalue weighted by atomic mass is 9.83. The van der Waals surface area contributed by atoms with E-state index in [1.54, 1.807) is 12.4 Å². The first kappa shape index (κ1) is 27.5. The summed E-state index contributed by atoms with van der Waals surface area (Å²) in [4.78, 5) is 4.11. The Bertz CT molecular complexity index is 789. The Labute approximate surface area is 197 Å². The molecule has 1 aliphatic rings. The third-order valence-corrected chi connectivity index (χ3v) is 17.0. The average molecular weight is 483 g/mol. The number of nitrogens with two attached hydrogens (primary N) is 1. The average Bonchev–Trinajstić information content (AvgIpc) is 2.62. The van der Waals surface area contributed by atoms with Gasteiger partial charge in [0.25, 0.3) is 0 Å². The van der Waals surface area contributed by atoms with E-state index in [9.17, 15) is 5.11 Å². The predicted molar refractivity (Wildman–Crippen MR) is 137 cm³/mol. The summed E-state index contributed by atoms with van der Waals surface area (Å²) >= 11 is 0. The van der Waals surface area contributed by atoms with E-state index < -0.39 is 34.4 Å². The Morgan fingerprint density at radius 3 is 2.19 bits per heavy atom. The quantitative estimate of drug-likeness (QED) is 0.509. The van der Waals surface area contributed by atoms with Crippen LogP contribution in [0, 0.1) is 0 Å². The smallest absolute Gasteiger partial charge is 0.192 e. The number of hydrogen-bond donors (Lipinski definition) is 2. The summed E-state index contributed by atoms with van der Waals surface area (Å²) in [6, 6.07) is 1.90. The van der Waals surface area contributed by atoms with Gasteiger partial charge >= 0.3 is 0 Å². The highest BCUT2D eigenvalue weighted by Crippen LogP contribution is 2.46. The van der Waals surface area contributed by atoms with Crippen molar-refractivity contribution in [2.45, 2.75) is 115 Å². The van der Waals surface area contributed by atoms with Crippen molar-refractivity contribution in [3.63, 3.8) is 0 Å². The minimum absolute atomic E-state index is 0.0148.